The molecule has 0 bridgehead atoms. The zero-order chi connectivity index (χ0) is 23.1. The summed E-state index contributed by atoms with van der Waals surface area (Å²) in [5, 5.41) is 16.4. The van der Waals surface area contributed by atoms with Crippen LogP contribution in [0.4, 0.5) is 5.69 Å². The van der Waals surface area contributed by atoms with Gasteiger partial charge in [0.25, 0.3) is 11.8 Å². The molecule has 0 unspecified atom stereocenters. The SMILES string of the molecule is Cc1cc(Br)c(NC(=O)COc2ccc(/C=N/NC(=O)c3ccccc3O)cc2)cc1C. The molecule has 3 rings (SSSR count). The maximum Gasteiger partial charge on any atom is 0.275 e. The van der Waals surface area contributed by atoms with Crippen molar-refractivity contribution in [2.45, 2.75) is 13.8 Å². The van der Waals surface area contributed by atoms with E-state index in [-0.39, 0.29) is 23.8 Å². The molecule has 0 aromatic heterocycles. The molecule has 8 heteroatoms. The number of anilines is 1. The topological polar surface area (TPSA) is 100 Å². The molecular formula is C24H22BrN3O4. The Morgan fingerprint density at radius 2 is 1.75 bits per heavy atom. The lowest BCUT2D eigenvalue weighted by Crippen LogP contribution is -2.20. The molecule has 0 saturated carbocycles. The van der Waals surface area contributed by atoms with Crippen molar-refractivity contribution in [3.05, 3.63) is 87.4 Å². The van der Waals surface area contributed by atoms with Crippen LogP contribution in [-0.4, -0.2) is 29.7 Å². The smallest absolute Gasteiger partial charge is 0.275 e. The molecule has 3 aromatic rings. The first-order valence-electron chi connectivity index (χ1n) is 9.74. The van der Waals surface area contributed by atoms with E-state index < -0.39 is 5.91 Å². The van der Waals surface area contributed by atoms with Crippen molar-refractivity contribution in [1.29, 1.82) is 0 Å². The third-order valence-electron chi connectivity index (χ3n) is 4.64. The molecule has 0 heterocycles. The van der Waals surface area contributed by atoms with Crippen LogP contribution >= 0.6 is 15.9 Å². The van der Waals surface area contributed by atoms with Gasteiger partial charge in [0.05, 0.1) is 17.5 Å². The Labute approximate surface area is 194 Å². The van der Waals surface area contributed by atoms with Crippen LogP contribution in [0.1, 0.15) is 27.0 Å². The van der Waals surface area contributed by atoms with Gasteiger partial charge in [0, 0.05) is 4.47 Å². The van der Waals surface area contributed by atoms with Gasteiger partial charge in [0.15, 0.2) is 6.61 Å². The zero-order valence-corrected chi connectivity index (χ0v) is 19.1. The number of nitrogens with one attached hydrogen (secondary N) is 2. The fraction of sp³-hybridized carbons (Fsp3) is 0.125. The van der Waals surface area contributed by atoms with Crippen LogP contribution in [0.3, 0.4) is 0 Å². The molecule has 0 radical (unpaired) electrons. The van der Waals surface area contributed by atoms with E-state index in [1.807, 2.05) is 26.0 Å². The number of carbonyl (C=O) groups is 2. The molecule has 32 heavy (non-hydrogen) atoms. The molecule has 0 spiro atoms. The van der Waals surface area contributed by atoms with Crippen molar-refractivity contribution < 1.29 is 19.4 Å². The largest absolute Gasteiger partial charge is 0.507 e. The van der Waals surface area contributed by atoms with Gasteiger partial charge in [0.2, 0.25) is 0 Å². The van der Waals surface area contributed by atoms with E-state index in [0.717, 1.165) is 21.2 Å². The van der Waals surface area contributed by atoms with E-state index in [2.05, 4.69) is 31.8 Å². The lowest BCUT2D eigenvalue weighted by Gasteiger charge is -2.11. The van der Waals surface area contributed by atoms with Gasteiger partial charge < -0.3 is 15.2 Å². The van der Waals surface area contributed by atoms with Gasteiger partial charge in [-0.25, -0.2) is 5.43 Å². The van der Waals surface area contributed by atoms with Crippen LogP contribution in [0.5, 0.6) is 11.5 Å². The van der Waals surface area contributed by atoms with E-state index in [0.29, 0.717) is 11.4 Å². The maximum absolute atomic E-state index is 12.2. The second-order valence-electron chi connectivity index (χ2n) is 7.04. The van der Waals surface area contributed by atoms with Crippen LogP contribution < -0.4 is 15.5 Å². The van der Waals surface area contributed by atoms with Crippen LogP contribution in [-0.2, 0) is 4.79 Å². The van der Waals surface area contributed by atoms with Crippen molar-refractivity contribution in [2.75, 3.05) is 11.9 Å². The van der Waals surface area contributed by atoms with E-state index >= 15 is 0 Å². The summed E-state index contributed by atoms with van der Waals surface area (Å²) in [6.45, 7) is 3.85. The number of rotatable bonds is 7. The van der Waals surface area contributed by atoms with Gasteiger partial charge in [0.1, 0.15) is 11.5 Å². The third kappa shape index (κ3) is 6.18. The number of para-hydroxylation sites is 1. The summed E-state index contributed by atoms with van der Waals surface area (Å²) in [4.78, 5) is 24.2. The molecule has 0 saturated heterocycles. The Morgan fingerprint density at radius 3 is 2.47 bits per heavy atom. The number of ether oxygens (including phenoxy) is 1. The lowest BCUT2D eigenvalue weighted by molar-refractivity contribution is -0.118. The molecule has 0 aliphatic heterocycles. The highest BCUT2D eigenvalue weighted by Crippen LogP contribution is 2.26. The quantitative estimate of drug-likeness (QED) is 0.330. The Hall–Kier alpha value is -3.65. The number of phenols is 1. The molecule has 0 aliphatic carbocycles. The molecule has 3 N–H and O–H groups in total. The van der Waals surface area contributed by atoms with Gasteiger partial charge >= 0.3 is 0 Å². The second kappa shape index (κ2) is 10.6. The fourth-order valence-electron chi connectivity index (χ4n) is 2.75. The average Bonchev–Trinajstić information content (AvgIpc) is 2.77. The molecule has 0 aliphatic rings. The number of hydrogen-bond acceptors (Lipinski definition) is 5. The molecule has 7 nitrogen and oxygen atoms in total. The number of phenolic OH excluding ortho intramolecular Hbond substituents is 1. The molecule has 0 fully saturated rings. The van der Waals surface area contributed by atoms with Crippen LogP contribution in [0.15, 0.2) is 70.2 Å². The van der Waals surface area contributed by atoms with Crippen molar-refractivity contribution in [3.8, 4) is 11.5 Å². The Kier molecular flexibility index (Phi) is 7.62. The van der Waals surface area contributed by atoms with Crippen LogP contribution in [0.25, 0.3) is 0 Å². The number of aromatic hydroxyl groups is 1. The van der Waals surface area contributed by atoms with E-state index in [1.165, 1.54) is 18.3 Å². The zero-order valence-electron chi connectivity index (χ0n) is 17.6. The Balaban J connectivity index is 1.50. The number of hydrogen-bond donors (Lipinski definition) is 3. The number of amides is 2. The molecule has 164 valence electrons. The number of benzene rings is 3. The Bertz CT molecular complexity index is 1160. The second-order valence-corrected chi connectivity index (χ2v) is 7.89. The number of aryl methyl sites for hydroxylation is 2. The standard InChI is InChI=1S/C24H22BrN3O4/c1-15-11-20(25)21(12-16(15)2)27-23(30)14-32-18-9-7-17(8-10-18)13-26-28-24(31)19-5-3-4-6-22(19)29/h3-13,29H,14H2,1-2H3,(H,27,30)(H,28,31)/b26-13+. The highest BCUT2D eigenvalue weighted by Gasteiger charge is 2.09. The first kappa shape index (κ1) is 23.0. The predicted molar refractivity (Wildman–Crippen MR) is 127 cm³/mol. The summed E-state index contributed by atoms with van der Waals surface area (Å²) < 4.78 is 6.35. The monoisotopic (exact) mass is 495 g/mol. The van der Waals surface area contributed by atoms with Crippen molar-refractivity contribution >= 4 is 39.6 Å². The molecular weight excluding hydrogens is 474 g/mol. The lowest BCUT2D eigenvalue weighted by atomic mass is 10.1. The number of nitrogens with zero attached hydrogens (tertiary/aromatic N) is 1. The minimum absolute atomic E-state index is 0.115. The van der Waals surface area contributed by atoms with Crippen LogP contribution in [0.2, 0.25) is 0 Å². The molecule has 2 amide bonds. The van der Waals surface area contributed by atoms with E-state index in [4.69, 9.17) is 4.74 Å². The number of hydrazone groups is 1. The minimum atomic E-state index is -0.513. The van der Waals surface area contributed by atoms with Gasteiger partial charge in [-0.05, 0) is 95.0 Å². The molecule has 0 atom stereocenters. The predicted octanol–water partition coefficient (Wildman–Crippen LogP) is 4.55. The maximum atomic E-state index is 12.2. The summed E-state index contributed by atoms with van der Waals surface area (Å²) in [7, 11) is 0. The third-order valence-corrected chi connectivity index (χ3v) is 5.29. The van der Waals surface area contributed by atoms with Gasteiger partial charge in [-0.3, -0.25) is 9.59 Å². The highest BCUT2D eigenvalue weighted by atomic mass is 79.9. The van der Waals surface area contributed by atoms with Crippen LogP contribution in [0, 0.1) is 13.8 Å². The fourth-order valence-corrected chi connectivity index (χ4v) is 3.31. The van der Waals surface area contributed by atoms with Gasteiger partial charge in [-0.1, -0.05) is 12.1 Å². The highest BCUT2D eigenvalue weighted by molar-refractivity contribution is 9.10. The van der Waals surface area contributed by atoms with Crippen molar-refractivity contribution in [1.82, 2.24) is 5.43 Å². The molecule has 3 aromatic carbocycles. The number of carbonyl (C=O) groups excluding carboxylic acids is 2. The normalized spacial score (nSPS) is 10.7. The average molecular weight is 496 g/mol. The van der Waals surface area contributed by atoms with E-state index in [9.17, 15) is 14.7 Å². The summed E-state index contributed by atoms with van der Waals surface area (Å²) in [5.74, 6) is -0.377. The van der Waals surface area contributed by atoms with E-state index in [1.54, 1.807) is 36.4 Å². The summed E-state index contributed by atoms with van der Waals surface area (Å²) in [6.07, 6.45) is 1.46. The van der Waals surface area contributed by atoms with Gasteiger partial charge in [-0.2, -0.15) is 5.10 Å². The summed E-state index contributed by atoms with van der Waals surface area (Å²) >= 11 is 3.45. The number of halogens is 1. The van der Waals surface area contributed by atoms with Crippen molar-refractivity contribution in [3.63, 3.8) is 0 Å². The first-order valence-corrected chi connectivity index (χ1v) is 10.5. The minimum Gasteiger partial charge on any atom is -0.507 e. The Morgan fingerprint density at radius 1 is 1.06 bits per heavy atom. The van der Waals surface area contributed by atoms with Gasteiger partial charge in [-0.15, -0.1) is 0 Å². The first-order chi connectivity index (χ1) is 15.3. The summed E-state index contributed by atoms with van der Waals surface area (Å²) in [6, 6.07) is 16.9. The summed E-state index contributed by atoms with van der Waals surface area (Å²) in [5.41, 5.74) is 6.13. The van der Waals surface area contributed by atoms with Crippen molar-refractivity contribution in [2.24, 2.45) is 5.10 Å².